The van der Waals surface area contributed by atoms with Crippen molar-refractivity contribution < 1.29 is 4.42 Å². The second-order valence-corrected chi connectivity index (χ2v) is 5.26. The summed E-state index contributed by atoms with van der Waals surface area (Å²) in [6.07, 6.45) is 0. The highest BCUT2D eigenvalue weighted by molar-refractivity contribution is 5.98. The van der Waals surface area contributed by atoms with E-state index in [1.165, 1.54) is 0 Å². The number of para-hydroxylation sites is 1. The van der Waals surface area contributed by atoms with E-state index in [4.69, 9.17) is 4.42 Å². The molecule has 4 rings (SSSR count). The van der Waals surface area contributed by atoms with E-state index in [0.29, 0.717) is 27.9 Å². The summed E-state index contributed by atoms with van der Waals surface area (Å²) in [7, 11) is 3.73. The summed E-state index contributed by atoms with van der Waals surface area (Å²) in [5, 5.41) is 1.31. The number of hydrogen-bond donors (Lipinski definition) is 1. The maximum Gasteiger partial charge on any atom is 0.297 e. The van der Waals surface area contributed by atoms with E-state index in [-0.39, 0.29) is 5.43 Å². The van der Waals surface area contributed by atoms with Gasteiger partial charge in [-0.25, -0.2) is 0 Å². The minimum atomic E-state index is 0.00986. The number of pyridine rings is 1. The average Bonchev–Trinajstić information content (AvgIpc) is 2.89. The topological polar surface area (TPSA) is 62.1 Å². The second kappa shape index (κ2) is 4.09. The zero-order valence-corrected chi connectivity index (χ0v) is 11.7. The molecule has 0 bridgehead atoms. The van der Waals surface area contributed by atoms with Gasteiger partial charge in [-0.3, -0.25) is 4.79 Å². The summed E-state index contributed by atoms with van der Waals surface area (Å²) in [5.74, 6) is 0. The van der Waals surface area contributed by atoms with Crippen LogP contribution in [-0.2, 0) is 0 Å². The third-order valence-corrected chi connectivity index (χ3v) is 3.58. The van der Waals surface area contributed by atoms with Gasteiger partial charge in [0, 0.05) is 36.5 Å². The highest BCUT2D eigenvalue weighted by Gasteiger charge is 2.11. The van der Waals surface area contributed by atoms with Crippen LogP contribution in [0, 0.1) is 0 Å². The number of oxazole rings is 1. The van der Waals surface area contributed by atoms with Gasteiger partial charge in [-0.1, -0.05) is 12.1 Å². The van der Waals surface area contributed by atoms with Crippen molar-refractivity contribution in [2.75, 3.05) is 19.0 Å². The minimum Gasteiger partial charge on any atom is -0.423 e. The Morgan fingerprint density at radius 3 is 2.71 bits per heavy atom. The summed E-state index contributed by atoms with van der Waals surface area (Å²) in [5.41, 5.74) is 2.94. The molecule has 0 aliphatic heterocycles. The fourth-order valence-corrected chi connectivity index (χ4v) is 2.52. The number of nitrogens with one attached hydrogen (secondary N) is 1. The lowest BCUT2D eigenvalue weighted by atomic mass is 10.1. The molecule has 1 N–H and O–H groups in total. The predicted molar refractivity (Wildman–Crippen MR) is 84.0 cm³/mol. The van der Waals surface area contributed by atoms with Crippen LogP contribution in [-0.4, -0.2) is 24.1 Å². The van der Waals surface area contributed by atoms with Gasteiger partial charge < -0.3 is 14.3 Å². The van der Waals surface area contributed by atoms with Crippen LogP contribution >= 0.6 is 0 Å². The standard InChI is InChI=1S/C16H13N3O2/c1-19(2)16-18-13-7-10-12(8-14(13)21-16)17-11-6-4-3-5-9(11)15(10)20/h3-8H,1-2H3,(H,17,20). The summed E-state index contributed by atoms with van der Waals surface area (Å²) in [6.45, 7) is 0. The number of fused-ring (bicyclic) bond motifs is 3. The van der Waals surface area contributed by atoms with Crippen LogP contribution in [0.25, 0.3) is 32.9 Å². The van der Waals surface area contributed by atoms with Gasteiger partial charge in [0.05, 0.1) is 5.52 Å². The molecule has 0 radical (unpaired) electrons. The van der Waals surface area contributed by atoms with E-state index >= 15 is 0 Å². The third kappa shape index (κ3) is 1.71. The van der Waals surface area contributed by atoms with Crippen LogP contribution in [0.15, 0.2) is 45.6 Å². The second-order valence-electron chi connectivity index (χ2n) is 5.26. The molecule has 2 aromatic carbocycles. The maximum atomic E-state index is 12.6. The molecule has 2 heterocycles. The Hall–Kier alpha value is -2.82. The van der Waals surface area contributed by atoms with Crippen molar-refractivity contribution in [3.05, 3.63) is 46.6 Å². The van der Waals surface area contributed by atoms with Crippen LogP contribution in [0.5, 0.6) is 0 Å². The van der Waals surface area contributed by atoms with E-state index < -0.39 is 0 Å². The molecule has 0 saturated carbocycles. The highest BCUT2D eigenvalue weighted by atomic mass is 16.4. The van der Waals surface area contributed by atoms with E-state index in [9.17, 15) is 4.79 Å². The number of nitrogens with zero attached hydrogens (tertiary/aromatic N) is 2. The van der Waals surface area contributed by atoms with Crippen molar-refractivity contribution in [1.29, 1.82) is 0 Å². The van der Waals surface area contributed by atoms with E-state index in [1.807, 2.05) is 44.4 Å². The third-order valence-electron chi connectivity index (χ3n) is 3.58. The monoisotopic (exact) mass is 279 g/mol. The van der Waals surface area contributed by atoms with Crippen molar-refractivity contribution >= 4 is 38.9 Å². The average molecular weight is 279 g/mol. The number of aromatic amines is 1. The van der Waals surface area contributed by atoms with Gasteiger partial charge in [-0.2, -0.15) is 4.98 Å². The molecular formula is C16H13N3O2. The first-order valence-electron chi connectivity index (χ1n) is 6.66. The van der Waals surface area contributed by atoms with Crippen LogP contribution < -0.4 is 10.3 Å². The molecule has 0 saturated heterocycles. The largest absolute Gasteiger partial charge is 0.423 e. The lowest BCUT2D eigenvalue weighted by Crippen LogP contribution is -2.08. The van der Waals surface area contributed by atoms with Crippen molar-refractivity contribution in [3.8, 4) is 0 Å². The molecule has 21 heavy (non-hydrogen) atoms. The fraction of sp³-hybridized carbons (Fsp3) is 0.125. The van der Waals surface area contributed by atoms with Crippen molar-refractivity contribution in [2.45, 2.75) is 0 Å². The summed E-state index contributed by atoms with van der Waals surface area (Å²) in [4.78, 5) is 22.0. The number of rotatable bonds is 1. The molecule has 0 unspecified atom stereocenters. The first-order valence-corrected chi connectivity index (χ1v) is 6.66. The number of anilines is 1. The number of hydrogen-bond acceptors (Lipinski definition) is 4. The molecule has 0 atom stereocenters. The van der Waals surface area contributed by atoms with Crippen molar-refractivity contribution in [2.24, 2.45) is 0 Å². The molecule has 0 spiro atoms. The molecule has 4 aromatic rings. The molecule has 5 nitrogen and oxygen atoms in total. The van der Waals surface area contributed by atoms with Gasteiger partial charge in [0.25, 0.3) is 6.01 Å². The van der Waals surface area contributed by atoms with Crippen LogP contribution in [0.3, 0.4) is 0 Å². The van der Waals surface area contributed by atoms with Gasteiger partial charge in [0.2, 0.25) is 0 Å². The molecule has 0 aliphatic carbocycles. The van der Waals surface area contributed by atoms with Gasteiger partial charge >= 0.3 is 0 Å². The van der Waals surface area contributed by atoms with Gasteiger partial charge in [0.15, 0.2) is 11.0 Å². The summed E-state index contributed by atoms with van der Waals surface area (Å²) in [6, 6.07) is 11.6. The zero-order valence-electron chi connectivity index (χ0n) is 11.7. The van der Waals surface area contributed by atoms with Gasteiger partial charge in [-0.15, -0.1) is 0 Å². The fourth-order valence-electron chi connectivity index (χ4n) is 2.52. The SMILES string of the molecule is CN(C)c1nc2cc3c(=O)c4ccccc4[nH]c3cc2o1. The zero-order chi connectivity index (χ0) is 14.6. The van der Waals surface area contributed by atoms with Gasteiger partial charge in [-0.05, 0) is 18.2 Å². The number of H-pyrrole nitrogens is 1. The molecule has 104 valence electrons. The van der Waals surface area contributed by atoms with E-state index in [1.54, 1.807) is 11.0 Å². The Bertz CT molecular complexity index is 1040. The first-order chi connectivity index (χ1) is 10.1. The Morgan fingerprint density at radius 1 is 1.10 bits per heavy atom. The van der Waals surface area contributed by atoms with E-state index in [2.05, 4.69) is 9.97 Å². The summed E-state index contributed by atoms with van der Waals surface area (Å²) < 4.78 is 5.68. The summed E-state index contributed by atoms with van der Waals surface area (Å²) >= 11 is 0. The van der Waals surface area contributed by atoms with Crippen molar-refractivity contribution in [3.63, 3.8) is 0 Å². The van der Waals surface area contributed by atoms with Crippen LogP contribution in [0.4, 0.5) is 6.01 Å². The Kier molecular flexibility index (Phi) is 2.33. The first kappa shape index (κ1) is 12.0. The van der Waals surface area contributed by atoms with Crippen molar-refractivity contribution in [1.82, 2.24) is 9.97 Å². The molecular weight excluding hydrogens is 266 g/mol. The normalized spacial score (nSPS) is 11.5. The van der Waals surface area contributed by atoms with E-state index in [0.717, 1.165) is 11.0 Å². The highest BCUT2D eigenvalue weighted by Crippen LogP contribution is 2.25. The molecule has 0 fully saturated rings. The smallest absolute Gasteiger partial charge is 0.297 e. The molecule has 0 amide bonds. The lowest BCUT2D eigenvalue weighted by Gasteiger charge is -2.03. The number of benzene rings is 2. The van der Waals surface area contributed by atoms with Gasteiger partial charge in [0.1, 0.15) is 5.52 Å². The van der Waals surface area contributed by atoms with Crippen LogP contribution in [0.1, 0.15) is 0 Å². The Balaban J connectivity index is 2.15. The molecule has 2 aromatic heterocycles. The molecule has 0 aliphatic rings. The van der Waals surface area contributed by atoms with Crippen LogP contribution in [0.2, 0.25) is 0 Å². The Labute approximate surface area is 119 Å². The quantitative estimate of drug-likeness (QED) is 0.544. The molecule has 5 heteroatoms. The Morgan fingerprint density at radius 2 is 1.90 bits per heavy atom. The lowest BCUT2D eigenvalue weighted by molar-refractivity contribution is 0.597. The predicted octanol–water partition coefficient (Wildman–Crippen LogP) is 2.89. The maximum absolute atomic E-state index is 12.6. The number of aromatic nitrogens is 2. The minimum absolute atomic E-state index is 0.00986.